The van der Waals surface area contributed by atoms with Gasteiger partial charge in [0.05, 0.1) is 6.20 Å². The van der Waals surface area contributed by atoms with Crippen molar-refractivity contribution in [1.82, 2.24) is 20.0 Å². The zero-order chi connectivity index (χ0) is 16.9. The zero-order valence-electron chi connectivity index (χ0n) is 14.4. The van der Waals surface area contributed by atoms with Gasteiger partial charge in [-0.3, -0.25) is 14.4 Å². The standard InChI is InChI=1S/C18H26N4OS/c1-21-9-3-5-15(18(21)16-6-4-10-24-16)12-19-17(23)8-7-14-11-20-22(2)13-14/h4,6,10-11,13,15,18H,3,5,7-9,12H2,1-2H3,(H,19,23). The van der Waals surface area contributed by atoms with E-state index >= 15 is 0 Å². The minimum atomic E-state index is 0.136. The molecule has 3 heterocycles. The predicted molar refractivity (Wildman–Crippen MR) is 97.0 cm³/mol. The fraction of sp³-hybridized carbons (Fsp3) is 0.556. The Kier molecular flexibility index (Phi) is 5.68. The second-order valence-corrected chi connectivity index (χ2v) is 7.65. The molecule has 5 nitrogen and oxygen atoms in total. The van der Waals surface area contributed by atoms with Crippen LogP contribution in [-0.2, 0) is 18.3 Å². The number of rotatable bonds is 6. The molecule has 0 radical (unpaired) electrons. The Morgan fingerprint density at radius 1 is 1.46 bits per heavy atom. The van der Waals surface area contributed by atoms with Gasteiger partial charge in [-0.05, 0) is 55.8 Å². The third-order valence-electron chi connectivity index (χ3n) is 4.80. The van der Waals surface area contributed by atoms with E-state index in [2.05, 4.69) is 39.9 Å². The van der Waals surface area contributed by atoms with Crippen molar-refractivity contribution < 1.29 is 4.79 Å². The first-order valence-electron chi connectivity index (χ1n) is 8.61. The van der Waals surface area contributed by atoms with Gasteiger partial charge < -0.3 is 5.32 Å². The normalized spacial score (nSPS) is 21.8. The smallest absolute Gasteiger partial charge is 0.220 e. The summed E-state index contributed by atoms with van der Waals surface area (Å²) in [6.07, 6.45) is 7.45. The summed E-state index contributed by atoms with van der Waals surface area (Å²) in [5.74, 6) is 0.627. The molecule has 2 aromatic rings. The van der Waals surface area contributed by atoms with Crippen molar-refractivity contribution in [2.45, 2.75) is 31.7 Å². The number of nitrogens with zero attached hydrogens (tertiary/aromatic N) is 3. The molecule has 2 atom stereocenters. The van der Waals surface area contributed by atoms with Crippen LogP contribution in [0, 0.1) is 5.92 Å². The van der Waals surface area contributed by atoms with Gasteiger partial charge in [-0.2, -0.15) is 5.10 Å². The molecule has 1 amide bonds. The van der Waals surface area contributed by atoms with Crippen molar-refractivity contribution in [2.75, 3.05) is 20.1 Å². The first-order chi connectivity index (χ1) is 11.6. The van der Waals surface area contributed by atoms with Crippen LogP contribution in [0.1, 0.15) is 35.7 Å². The summed E-state index contributed by atoms with van der Waals surface area (Å²) in [5.41, 5.74) is 1.11. The molecule has 1 aliphatic heterocycles. The molecule has 24 heavy (non-hydrogen) atoms. The molecule has 0 bridgehead atoms. The molecule has 2 aromatic heterocycles. The van der Waals surface area contributed by atoms with Crippen molar-refractivity contribution >= 4 is 17.2 Å². The van der Waals surface area contributed by atoms with Crippen molar-refractivity contribution in [2.24, 2.45) is 13.0 Å². The van der Waals surface area contributed by atoms with Gasteiger partial charge in [0, 0.05) is 37.1 Å². The van der Waals surface area contributed by atoms with E-state index in [1.165, 1.54) is 17.7 Å². The number of aryl methyl sites for hydroxylation is 2. The van der Waals surface area contributed by atoms with E-state index in [9.17, 15) is 4.79 Å². The Bertz CT molecular complexity index is 652. The SMILES string of the molecule is CN1CCCC(CNC(=O)CCc2cnn(C)c2)C1c1cccs1. The van der Waals surface area contributed by atoms with Gasteiger partial charge in [-0.25, -0.2) is 0 Å². The van der Waals surface area contributed by atoms with Gasteiger partial charge in [0.2, 0.25) is 5.91 Å². The molecule has 1 fully saturated rings. The predicted octanol–water partition coefficient (Wildman–Crippen LogP) is 2.61. The van der Waals surface area contributed by atoms with E-state index in [4.69, 9.17) is 0 Å². The molecule has 6 heteroatoms. The molecule has 1 saturated heterocycles. The van der Waals surface area contributed by atoms with E-state index in [1.807, 2.05) is 30.8 Å². The van der Waals surface area contributed by atoms with Crippen LogP contribution < -0.4 is 5.32 Å². The highest BCUT2D eigenvalue weighted by Crippen LogP contribution is 2.36. The van der Waals surface area contributed by atoms with Gasteiger partial charge in [0.1, 0.15) is 0 Å². The lowest BCUT2D eigenvalue weighted by molar-refractivity contribution is -0.121. The fourth-order valence-corrected chi connectivity index (χ4v) is 4.56. The molecule has 0 saturated carbocycles. The molecule has 130 valence electrons. The van der Waals surface area contributed by atoms with Crippen molar-refractivity contribution in [3.8, 4) is 0 Å². The Labute approximate surface area is 147 Å². The number of nitrogens with one attached hydrogen (secondary N) is 1. The summed E-state index contributed by atoms with van der Waals surface area (Å²) in [4.78, 5) is 16.0. The van der Waals surface area contributed by atoms with Crippen LogP contribution in [0.5, 0.6) is 0 Å². The monoisotopic (exact) mass is 346 g/mol. The maximum absolute atomic E-state index is 12.2. The van der Waals surface area contributed by atoms with Gasteiger partial charge in [-0.1, -0.05) is 6.07 Å². The maximum Gasteiger partial charge on any atom is 0.220 e. The largest absolute Gasteiger partial charge is 0.356 e. The minimum Gasteiger partial charge on any atom is -0.356 e. The van der Waals surface area contributed by atoms with Crippen LogP contribution in [0.3, 0.4) is 0 Å². The van der Waals surface area contributed by atoms with Crippen LogP contribution in [0.25, 0.3) is 0 Å². The van der Waals surface area contributed by atoms with Crippen LogP contribution in [-0.4, -0.2) is 40.7 Å². The molecule has 1 aliphatic rings. The molecule has 3 rings (SSSR count). The molecular formula is C18H26N4OS. The number of carbonyl (C=O) groups excluding carboxylic acids is 1. The molecule has 0 aliphatic carbocycles. The molecular weight excluding hydrogens is 320 g/mol. The summed E-state index contributed by atoms with van der Waals surface area (Å²) in [6.45, 7) is 1.90. The number of carbonyl (C=O) groups is 1. The van der Waals surface area contributed by atoms with Crippen molar-refractivity contribution in [3.63, 3.8) is 0 Å². The third kappa shape index (κ3) is 4.24. The second kappa shape index (κ2) is 7.94. The van der Waals surface area contributed by atoms with Crippen molar-refractivity contribution in [1.29, 1.82) is 0 Å². The van der Waals surface area contributed by atoms with Gasteiger partial charge in [0.25, 0.3) is 0 Å². The quantitative estimate of drug-likeness (QED) is 0.875. The van der Waals surface area contributed by atoms with Crippen LogP contribution in [0.2, 0.25) is 0 Å². The summed E-state index contributed by atoms with van der Waals surface area (Å²) < 4.78 is 1.77. The summed E-state index contributed by atoms with van der Waals surface area (Å²) in [6, 6.07) is 4.76. The van der Waals surface area contributed by atoms with E-state index in [0.29, 0.717) is 18.4 Å². The Balaban J connectivity index is 1.51. The lowest BCUT2D eigenvalue weighted by Crippen LogP contribution is -2.41. The summed E-state index contributed by atoms with van der Waals surface area (Å²) in [7, 11) is 4.09. The fourth-order valence-electron chi connectivity index (χ4n) is 3.57. The van der Waals surface area contributed by atoms with Gasteiger partial charge >= 0.3 is 0 Å². The average molecular weight is 346 g/mol. The van der Waals surface area contributed by atoms with Gasteiger partial charge in [0.15, 0.2) is 0 Å². The number of amides is 1. The number of aromatic nitrogens is 2. The van der Waals surface area contributed by atoms with Crippen LogP contribution >= 0.6 is 11.3 Å². The van der Waals surface area contributed by atoms with E-state index < -0.39 is 0 Å². The van der Waals surface area contributed by atoms with E-state index in [0.717, 1.165) is 25.1 Å². The highest BCUT2D eigenvalue weighted by Gasteiger charge is 2.31. The summed E-state index contributed by atoms with van der Waals surface area (Å²) >= 11 is 1.82. The van der Waals surface area contributed by atoms with E-state index in [-0.39, 0.29) is 5.91 Å². The lowest BCUT2D eigenvalue weighted by atomic mass is 9.88. The molecule has 2 unspecified atom stereocenters. The Morgan fingerprint density at radius 3 is 3.04 bits per heavy atom. The number of thiophene rings is 1. The molecule has 0 aromatic carbocycles. The van der Waals surface area contributed by atoms with Gasteiger partial charge in [-0.15, -0.1) is 11.3 Å². The van der Waals surface area contributed by atoms with Crippen LogP contribution in [0.4, 0.5) is 0 Å². The maximum atomic E-state index is 12.2. The van der Waals surface area contributed by atoms with E-state index in [1.54, 1.807) is 4.68 Å². The number of hydrogen-bond donors (Lipinski definition) is 1. The number of piperidine rings is 1. The Hall–Kier alpha value is -1.66. The topological polar surface area (TPSA) is 50.2 Å². The third-order valence-corrected chi connectivity index (χ3v) is 5.75. The first-order valence-corrected chi connectivity index (χ1v) is 9.49. The first kappa shape index (κ1) is 17.2. The molecule has 0 spiro atoms. The minimum absolute atomic E-state index is 0.136. The molecule has 1 N–H and O–H groups in total. The van der Waals surface area contributed by atoms with Crippen LogP contribution in [0.15, 0.2) is 29.9 Å². The van der Waals surface area contributed by atoms with Crippen molar-refractivity contribution in [3.05, 3.63) is 40.3 Å². The summed E-state index contributed by atoms with van der Waals surface area (Å²) in [5, 5.41) is 9.44. The number of hydrogen-bond acceptors (Lipinski definition) is 4. The highest BCUT2D eigenvalue weighted by atomic mass is 32.1. The second-order valence-electron chi connectivity index (χ2n) is 6.67. The zero-order valence-corrected chi connectivity index (χ0v) is 15.3. The highest BCUT2D eigenvalue weighted by molar-refractivity contribution is 7.10. The number of likely N-dealkylation sites (tertiary alicyclic amines) is 1. The lowest BCUT2D eigenvalue weighted by Gasteiger charge is -2.38. The Morgan fingerprint density at radius 2 is 2.33 bits per heavy atom. The average Bonchev–Trinajstić information content (AvgIpc) is 3.22.